The van der Waals surface area contributed by atoms with Crippen LogP contribution in [0.2, 0.25) is 0 Å². The summed E-state index contributed by atoms with van der Waals surface area (Å²) >= 11 is 0. The fraction of sp³-hybridized carbons (Fsp3) is 0.421. The molecule has 2 heterocycles. The lowest BCUT2D eigenvalue weighted by atomic mass is 10.1. The summed E-state index contributed by atoms with van der Waals surface area (Å²) in [6.45, 7) is 1.87. The number of aryl methyl sites for hydroxylation is 1. The van der Waals surface area contributed by atoms with Gasteiger partial charge in [-0.25, -0.2) is 18.2 Å². The number of esters is 1. The Morgan fingerprint density at radius 2 is 2.07 bits per heavy atom. The van der Waals surface area contributed by atoms with Crippen molar-refractivity contribution < 1.29 is 22.7 Å². The summed E-state index contributed by atoms with van der Waals surface area (Å²) in [5.74, 6) is -0.634. The maximum absolute atomic E-state index is 12.9. The SMILES string of the molecule is COC(=O)[C@H](Cc1ccccc1)NC(=O)[C@@H]1CCCN1S(=O)(=O)c1cnc(C)[nH]1. The predicted molar refractivity (Wildman–Crippen MR) is 104 cm³/mol. The zero-order chi connectivity index (χ0) is 21.0. The number of nitrogens with one attached hydrogen (secondary N) is 2. The van der Waals surface area contributed by atoms with Crippen molar-refractivity contribution in [3.8, 4) is 0 Å². The summed E-state index contributed by atoms with van der Waals surface area (Å²) in [6, 6.07) is 7.41. The van der Waals surface area contributed by atoms with Gasteiger partial charge < -0.3 is 15.0 Å². The Bertz CT molecular complexity index is 973. The molecule has 0 unspecified atom stereocenters. The first-order chi connectivity index (χ1) is 13.8. The predicted octanol–water partition coefficient (Wildman–Crippen LogP) is 0.772. The highest BCUT2D eigenvalue weighted by atomic mass is 32.2. The Morgan fingerprint density at radius 1 is 1.34 bits per heavy atom. The molecule has 0 saturated carbocycles. The zero-order valence-corrected chi connectivity index (χ0v) is 17.1. The van der Waals surface area contributed by atoms with E-state index < -0.39 is 34.0 Å². The number of carbonyl (C=O) groups excluding carboxylic acids is 2. The number of nitrogens with zero attached hydrogens (tertiary/aromatic N) is 2. The Morgan fingerprint density at radius 3 is 2.69 bits per heavy atom. The standard InChI is InChI=1S/C19H24N4O5S/c1-13-20-12-17(21-13)29(26,27)23-10-6-9-16(23)18(24)22-15(19(25)28-2)11-14-7-4-3-5-8-14/h3-5,7-8,12,15-16H,6,9-11H2,1-2H3,(H,20,21)(H,22,24)/t15-,16-/m0/s1. The maximum atomic E-state index is 12.9. The van der Waals surface area contributed by atoms with E-state index in [9.17, 15) is 18.0 Å². The van der Waals surface area contributed by atoms with Gasteiger partial charge in [-0.05, 0) is 25.3 Å². The van der Waals surface area contributed by atoms with Gasteiger partial charge >= 0.3 is 5.97 Å². The summed E-state index contributed by atoms with van der Waals surface area (Å²) in [5, 5.41) is 2.62. The molecule has 29 heavy (non-hydrogen) atoms. The number of H-pyrrole nitrogens is 1. The minimum atomic E-state index is -3.89. The van der Waals surface area contributed by atoms with E-state index in [0.29, 0.717) is 18.7 Å². The first kappa shape index (κ1) is 21.0. The number of carbonyl (C=O) groups is 2. The molecule has 2 N–H and O–H groups in total. The second kappa shape index (κ2) is 8.75. The van der Waals surface area contributed by atoms with E-state index in [4.69, 9.17) is 4.74 Å². The number of imidazole rings is 1. The number of hydrogen-bond donors (Lipinski definition) is 2. The highest BCUT2D eigenvalue weighted by molar-refractivity contribution is 7.89. The van der Waals surface area contributed by atoms with Crippen molar-refractivity contribution in [1.82, 2.24) is 19.6 Å². The van der Waals surface area contributed by atoms with E-state index in [1.54, 1.807) is 6.92 Å². The Kier molecular flexibility index (Phi) is 6.33. The van der Waals surface area contributed by atoms with Gasteiger partial charge in [0.05, 0.1) is 13.3 Å². The van der Waals surface area contributed by atoms with Gasteiger partial charge in [0.15, 0.2) is 5.03 Å². The lowest BCUT2D eigenvalue weighted by Gasteiger charge is -2.25. The Balaban J connectivity index is 1.77. The molecule has 1 amide bonds. The number of sulfonamides is 1. The highest BCUT2D eigenvalue weighted by Crippen LogP contribution is 2.25. The zero-order valence-electron chi connectivity index (χ0n) is 16.3. The van der Waals surface area contributed by atoms with Crippen molar-refractivity contribution in [3.63, 3.8) is 0 Å². The molecule has 9 nitrogen and oxygen atoms in total. The lowest BCUT2D eigenvalue weighted by Crippen LogP contribution is -2.51. The third-order valence-electron chi connectivity index (χ3n) is 4.86. The van der Waals surface area contributed by atoms with Gasteiger partial charge in [0.25, 0.3) is 10.0 Å². The number of ether oxygens (including phenoxy) is 1. The molecule has 1 aromatic carbocycles. The molecular weight excluding hydrogens is 396 g/mol. The van der Waals surface area contributed by atoms with Crippen molar-refractivity contribution in [1.29, 1.82) is 0 Å². The summed E-state index contributed by atoms with van der Waals surface area (Å²) in [7, 11) is -2.64. The molecule has 2 aromatic rings. The topological polar surface area (TPSA) is 121 Å². The minimum absolute atomic E-state index is 0.0523. The van der Waals surface area contributed by atoms with E-state index in [1.807, 2.05) is 30.3 Å². The highest BCUT2D eigenvalue weighted by Gasteiger charge is 2.41. The maximum Gasteiger partial charge on any atom is 0.328 e. The van der Waals surface area contributed by atoms with E-state index >= 15 is 0 Å². The molecule has 156 valence electrons. The molecule has 1 fully saturated rings. The van der Waals surface area contributed by atoms with Crippen LogP contribution >= 0.6 is 0 Å². The lowest BCUT2D eigenvalue weighted by molar-refractivity contribution is -0.145. The van der Waals surface area contributed by atoms with Gasteiger partial charge in [-0.3, -0.25) is 4.79 Å². The van der Waals surface area contributed by atoms with Crippen LogP contribution in [0.5, 0.6) is 0 Å². The summed E-state index contributed by atoms with van der Waals surface area (Å²) in [4.78, 5) is 31.7. The minimum Gasteiger partial charge on any atom is -0.467 e. The van der Waals surface area contributed by atoms with E-state index in [2.05, 4.69) is 15.3 Å². The summed E-state index contributed by atoms with van der Waals surface area (Å²) in [5.41, 5.74) is 0.854. The third kappa shape index (κ3) is 4.65. The molecule has 0 bridgehead atoms. The number of methoxy groups -OCH3 is 1. The van der Waals surface area contributed by atoms with Gasteiger partial charge in [-0.15, -0.1) is 0 Å². The number of aromatic nitrogens is 2. The molecule has 1 aliphatic rings. The van der Waals surface area contributed by atoms with Crippen LogP contribution in [-0.4, -0.2) is 60.3 Å². The molecule has 0 aliphatic carbocycles. The number of rotatable bonds is 7. The second-order valence-electron chi connectivity index (χ2n) is 6.88. The normalized spacial score (nSPS) is 18.3. The number of hydrogen-bond acceptors (Lipinski definition) is 6. The number of aromatic amines is 1. The molecule has 1 saturated heterocycles. The molecule has 2 atom stereocenters. The molecular formula is C19H24N4O5S. The second-order valence-corrected chi connectivity index (χ2v) is 8.74. The van der Waals surface area contributed by atoms with Crippen molar-refractivity contribution in [2.75, 3.05) is 13.7 Å². The van der Waals surface area contributed by atoms with Crippen LogP contribution in [-0.2, 0) is 30.8 Å². The van der Waals surface area contributed by atoms with Crippen LogP contribution in [0.15, 0.2) is 41.6 Å². The molecule has 1 aromatic heterocycles. The quantitative estimate of drug-likeness (QED) is 0.638. The van der Waals surface area contributed by atoms with E-state index in [-0.39, 0.29) is 18.0 Å². The van der Waals surface area contributed by atoms with Crippen molar-refractivity contribution in [2.24, 2.45) is 0 Å². The Labute approximate surface area is 169 Å². The summed E-state index contributed by atoms with van der Waals surface area (Å²) in [6.07, 6.45) is 2.41. The van der Waals surface area contributed by atoms with Crippen LogP contribution in [0.4, 0.5) is 0 Å². The Hall–Kier alpha value is -2.72. The van der Waals surface area contributed by atoms with Crippen LogP contribution in [0.3, 0.4) is 0 Å². The third-order valence-corrected chi connectivity index (χ3v) is 6.68. The average molecular weight is 420 g/mol. The van der Waals surface area contributed by atoms with Crippen LogP contribution < -0.4 is 5.32 Å². The number of amides is 1. The molecule has 0 spiro atoms. The molecule has 1 aliphatic heterocycles. The largest absolute Gasteiger partial charge is 0.467 e. The van der Waals surface area contributed by atoms with Gasteiger partial charge in [-0.1, -0.05) is 30.3 Å². The van der Waals surface area contributed by atoms with Crippen molar-refractivity contribution in [2.45, 2.75) is 43.3 Å². The van der Waals surface area contributed by atoms with Gasteiger partial charge in [0, 0.05) is 13.0 Å². The monoisotopic (exact) mass is 420 g/mol. The average Bonchev–Trinajstić information content (AvgIpc) is 3.37. The van der Waals surface area contributed by atoms with Gasteiger partial charge in [0.1, 0.15) is 17.9 Å². The van der Waals surface area contributed by atoms with E-state index in [1.165, 1.54) is 13.3 Å². The van der Waals surface area contributed by atoms with E-state index in [0.717, 1.165) is 9.87 Å². The first-order valence-electron chi connectivity index (χ1n) is 9.28. The fourth-order valence-electron chi connectivity index (χ4n) is 3.40. The van der Waals surface area contributed by atoms with Crippen molar-refractivity contribution >= 4 is 21.9 Å². The fourth-order valence-corrected chi connectivity index (χ4v) is 5.02. The smallest absolute Gasteiger partial charge is 0.328 e. The van der Waals surface area contributed by atoms with Crippen molar-refractivity contribution in [3.05, 3.63) is 47.9 Å². The van der Waals surface area contributed by atoms with Crippen LogP contribution in [0.1, 0.15) is 24.2 Å². The number of benzene rings is 1. The molecule has 10 heteroatoms. The summed E-state index contributed by atoms with van der Waals surface area (Å²) < 4.78 is 31.8. The van der Waals surface area contributed by atoms with Gasteiger partial charge in [-0.2, -0.15) is 4.31 Å². The van der Waals surface area contributed by atoms with Crippen LogP contribution in [0, 0.1) is 6.92 Å². The molecule has 3 rings (SSSR count). The van der Waals surface area contributed by atoms with Crippen LogP contribution in [0.25, 0.3) is 0 Å². The van der Waals surface area contributed by atoms with Gasteiger partial charge in [0.2, 0.25) is 5.91 Å². The first-order valence-corrected chi connectivity index (χ1v) is 10.7. The molecule has 0 radical (unpaired) electrons.